The molecule has 0 spiro atoms. The van der Waals surface area contributed by atoms with E-state index in [9.17, 15) is 18.8 Å². The van der Waals surface area contributed by atoms with Gasteiger partial charge in [-0.2, -0.15) is 0 Å². The van der Waals surface area contributed by atoms with Crippen molar-refractivity contribution in [1.82, 2.24) is 15.5 Å². The molecule has 0 bridgehead atoms. The molecule has 1 aromatic rings. The molecule has 0 aromatic heterocycles. The Balaban J connectivity index is 1.76. The summed E-state index contributed by atoms with van der Waals surface area (Å²) in [7, 11) is 0. The van der Waals surface area contributed by atoms with Gasteiger partial charge in [0.1, 0.15) is 5.82 Å². The van der Waals surface area contributed by atoms with Gasteiger partial charge in [-0.1, -0.05) is 19.1 Å². The van der Waals surface area contributed by atoms with E-state index in [1.54, 1.807) is 17.0 Å². The van der Waals surface area contributed by atoms with Gasteiger partial charge < -0.3 is 15.5 Å². The Hall–Kier alpha value is -2.44. The first-order valence-electron chi connectivity index (χ1n) is 8.62. The number of amides is 3. The maximum atomic E-state index is 13.7. The quantitative estimate of drug-likeness (QED) is 0.787. The lowest BCUT2D eigenvalue weighted by molar-refractivity contribution is -0.139. The zero-order chi connectivity index (χ0) is 18.2. The average Bonchev–Trinajstić information content (AvgIpc) is 2.64. The molecule has 7 heteroatoms. The number of hydrogen-bond donors (Lipinski definition) is 2. The van der Waals surface area contributed by atoms with Crippen molar-refractivity contribution in [2.24, 2.45) is 5.92 Å². The van der Waals surface area contributed by atoms with E-state index in [2.05, 4.69) is 10.6 Å². The van der Waals surface area contributed by atoms with Crippen molar-refractivity contribution in [3.63, 3.8) is 0 Å². The van der Waals surface area contributed by atoms with Gasteiger partial charge >= 0.3 is 11.8 Å². The van der Waals surface area contributed by atoms with Crippen LogP contribution in [0.15, 0.2) is 24.3 Å². The Morgan fingerprint density at radius 3 is 2.40 bits per heavy atom. The first-order chi connectivity index (χ1) is 12.0. The molecule has 6 nitrogen and oxygen atoms in total. The molecule has 1 aliphatic heterocycles. The summed E-state index contributed by atoms with van der Waals surface area (Å²) in [4.78, 5) is 37.1. The average molecular weight is 349 g/mol. The van der Waals surface area contributed by atoms with E-state index >= 15 is 0 Å². The topological polar surface area (TPSA) is 78.5 Å². The fraction of sp³-hybridized carbons (Fsp3) is 0.500. The minimum Gasteiger partial charge on any atom is -0.348 e. The predicted molar refractivity (Wildman–Crippen MR) is 91.3 cm³/mol. The standard InChI is InChI=1S/C18H24FN3O3/c1-2-9-20-16(23)17(24)21-12-13-7-10-22(11-8-13)18(25)14-5-3-4-6-15(14)19/h3-6,13H,2,7-12H2,1H3,(H,20,23)(H,21,24). The van der Waals surface area contributed by atoms with Gasteiger partial charge in [0.15, 0.2) is 0 Å². The molecule has 136 valence electrons. The lowest BCUT2D eigenvalue weighted by atomic mass is 9.96. The van der Waals surface area contributed by atoms with Crippen molar-refractivity contribution in [3.05, 3.63) is 35.6 Å². The molecular weight excluding hydrogens is 325 g/mol. The van der Waals surface area contributed by atoms with Crippen LogP contribution in [0.4, 0.5) is 4.39 Å². The molecular formula is C18H24FN3O3. The van der Waals surface area contributed by atoms with Crippen molar-refractivity contribution >= 4 is 17.7 Å². The van der Waals surface area contributed by atoms with Crippen LogP contribution in [-0.2, 0) is 9.59 Å². The molecule has 0 atom stereocenters. The zero-order valence-electron chi connectivity index (χ0n) is 14.4. The first-order valence-corrected chi connectivity index (χ1v) is 8.62. The summed E-state index contributed by atoms with van der Waals surface area (Å²) in [6, 6.07) is 5.96. The number of carbonyl (C=O) groups excluding carboxylic acids is 3. The number of nitrogens with one attached hydrogen (secondary N) is 2. The van der Waals surface area contributed by atoms with Crippen LogP contribution in [0.1, 0.15) is 36.5 Å². The van der Waals surface area contributed by atoms with E-state index < -0.39 is 17.6 Å². The number of likely N-dealkylation sites (tertiary alicyclic amines) is 1. The number of rotatable bonds is 5. The smallest absolute Gasteiger partial charge is 0.309 e. The van der Waals surface area contributed by atoms with E-state index in [4.69, 9.17) is 0 Å². The summed E-state index contributed by atoms with van der Waals surface area (Å²) in [5.74, 6) is -1.86. The van der Waals surface area contributed by atoms with Crippen LogP contribution in [0.25, 0.3) is 0 Å². The van der Waals surface area contributed by atoms with Gasteiger partial charge in [0.2, 0.25) is 0 Å². The zero-order valence-corrected chi connectivity index (χ0v) is 14.4. The van der Waals surface area contributed by atoms with Crippen LogP contribution >= 0.6 is 0 Å². The molecule has 0 radical (unpaired) electrons. The van der Waals surface area contributed by atoms with E-state index in [0.29, 0.717) is 39.0 Å². The minimum absolute atomic E-state index is 0.0850. The fourth-order valence-corrected chi connectivity index (χ4v) is 2.78. The molecule has 0 aliphatic carbocycles. The monoisotopic (exact) mass is 349 g/mol. The van der Waals surface area contributed by atoms with E-state index in [-0.39, 0.29) is 17.4 Å². The van der Waals surface area contributed by atoms with Gasteiger partial charge in [-0.05, 0) is 37.3 Å². The number of halogens is 1. The highest BCUT2D eigenvalue weighted by atomic mass is 19.1. The van der Waals surface area contributed by atoms with E-state index in [1.807, 2.05) is 6.92 Å². The second kappa shape index (κ2) is 9.15. The van der Waals surface area contributed by atoms with Gasteiger partial charge in [0.05, 0.1) is 5.56 Å². The lowest BCUT2D eigenvalue weighted by Crippen LogP contribution is -2.45. The molecule has 2 rings (SSSR count). The van der Waals surface area contributed by atoms with Gasteiger partial charge in [0.25, 0.3) is 5.91 Å². The Morgan fingerprint density at radius 1 is 1.12 bits per heavy atom. The Morgan fingerprint density at radius 2 is 1.76 bits per heavy atom. The van der Waals surface area contributed by atoms with Crippen molar-refractivity contribution in [3.8, 4) is 0 Å². The van der Waals surface area contributed by atoms with Crippen molar-refractivity contribution in [2.45, 2.75) is 26.2 Å². The third-order valence-corrected chi connectivity index (χ3v) is 4.30. The second-order valence-corrected chi connectivity index (χ2v) is 6.18. The van der Waals surface area contributed by atoms with Crippen molar-refractivity contribution in [2.75, 3.05) is 26.2 Å². The van der Waals surface area contributed by atoms with E-state index in [1.165, 1.54) is 12.1 Å². The third kappa shape index (κ3) is 5.27. The van der Waals surface area contributed by atoms with Crippen molar-refractivity contribution in [1.29, 1.82) is 0 Å². The van der Waals surface area contributed by atoms with Gasteiger partial charge in [-0.25, -0.2) is 4.39 Å². The van der Waals surface area contributed by atoms with Crippen LogP contribution in [-0.4, -0.2) is 48.8 Å². The molecule has 1 heterocycles. The Kier molecular flexibility index (Phi) is 6.91. The van der Waals surface area contributed by atoms with Crippen LogP contribution in [0.3, 0.4) is 0 Å². The maximum absolute atomic E-state index is 13.7. The SMILES string of the molecule is CCCNC(=O)C(=O)NCC1CCN(C(=O)c2ccccc2F)CC1. The van der Waals surface area contributed by atoms with E-state index in [0.717, 1.165) is 6.42 Å². The third-order valence-electron chi connectivity index (χ3n) is 4.30. The van der Waals surface area contributed by atoms with Crippen LogP contribution in [0, 0.1) is 11.7 Å². The summed E-state index contributed by atoms with van der Waals surface area (Å²) in [6.07, 6.45) is 2.18. The van der Waals surface area contributed by atoms with Gasteiger partial charge in [0, 0.05) is 26.2 Å². The van der Waals surface area contributed by atoms with Gasteiger partial charge in [-0.3, -0.25) is 14.4 Å². The summed E-state index contributed by atoms with van der Waals surface area (Å²) in [5, 5.41) is 5.16. The molecule has 25 heavy (non-hydrogen) atoms. The maximum Gasteiger partial charge on any atom is 0.309 e. The van der Waals surface area contributed by atoms with Gasteiger partial charge in [-0.15, -0.1) is 0 Å². The highest BCUT2D eigenvalue weighted by molar-refractivity contribution is 6.35. The lowest BCUT2D eigenvalue weighted by Gasteiger charge is -2.32. The predicted octanol–water partition coefficient (Wildman–Crippen LogP) is 1.32. The number of hydrogen-bond acceptors (Lipinski definition) is 3. The Bertz CT molecular complexity index is 628. The van der Waals surface area contributed by atoms with Crippen LogP contribution in [0.2, 0.25) is 0 Å². The normalized spacial score (nSPS) is 14.9. The van der Waals surface area contributed by atoms with Crippen LogP contribution < -0.4 is 10.6 Å². The van der Waals surface area contributed by atoms with Crippen LogP contribution in [0.5, 0.6) is 0 Å². The number of nitrogens with zero attached hydrogens (tertiary/aromatic N) is 1. The molecule has 1 saturated heterocycles. The molecule has 2 N–H and O–H groups in total. The number of benzene rings is 1. The summed E-state index contributed by atoms with van der Waals surface area (Å²) in [6.45, 7) is 3.81. The summed E-state index contributed by atoms with van der Waals surface area (Å²) < 4.78 is 13.7. The highest BCUT2D eigenvalue weighted by Gasteiger charge is 2.25. The molecule has 1 aliphatic rings. The number of piperidine rings is 1. The molecule has 1 fully saturated rings. The fourth-order valence-electron chi connectivity index (χ4n) is 2.78. The largest absolute Gasteiger partial charge is 0.348 e. The molecule has 0 saturated carbocycles. The molecule has 1 aromatic carbocycles. The Labute approximate surface area is 146 Å². The molecule has 0 unspecified atom stereocenters. The van der Waals surface area contributed by atoms with Crippen molar-refractivity contribution < 1.29 is 18.8 Å². The second-order valence-electron chi connectivity index (χ2n) is 6.18. The minimum atomic E-state index is -0.627. The summed E-state index contributed by atoms with van der Waals surface area (Å²) >= 11 is 0. The summed E-state index contributed by atoms with van der Waals surface area (Å²) in [5.41, 5.74) is 0.0850. The first kappa shape index (κ1) is 18.9. The highest BCUT2D eigenvalue weighted by Crippen LogP contribution is 2.19. The number of carbonyl (C=O) groups is 3. The molecule has 3 amide bonds.